The van der Waals surface area contributed by atoms with Gasteiger partial charge in [-0.1, -0.05) is 18.5 Å². The van der Waals surface area contributed by atoms with Gasteiger partial charge in [0.05, 0.1) is 12.0 Å². The zero-order valence-electron chi connectivity index (χ0n) is 14.0. The highest BCUT2D eigenvalue weighted by molar-refractivity contribution is 7.19. The molecular weight excluding hydrogens is 346 g/mol. The molecule has 1 aliphatic rings. The van der Waals surface area contributed by atoms with Crippen molar-refractivity contribution in [3.63, 3.8) is 0 Å². The van der Waals surface area contributed by atoms with Crippen molar-refractivity contribution in [1.29, 1.82) is 0 Å². The van der Waals surface area contributed by atoms with Crippen LogP contribution in [0.4, 0.5) is 0 Å². The molecule has 0 aromatic carbocycles. The minimum Gasteiger partial charge on any atom is -0.383 e. The summed E-state index contributed by atoms with van der Waals surface area (Å²) in [6.07, 6.45) is 4.96. The van der Waals surface area contributed by atoms with Crippen molar-refractivity contribution in [3.8, 4) is 0 Å². The second kappa shape index (κ2) is 7.76. The van der Waals surface area contributed by atoms with Crippen LogP contribution in [0.3, 0.4) is 0 Å². The van der Waals surface area contributed by atoms with Gasteiger partial charge in [0.2, 0.25) is 5.91 Å². The quantitative estimate of drug-likeness (QED) is 0.735. The SMILES string of the molecule is CCCN(CCOC)C(=O)C1CCc2c(sc3ncnc(Cl)c23)C1. The molecule has 2 heterocycles. The molecular formula is C17H22ClN3O2S. The Labute approximate surface area is 151 Å². The van der Waals surface area contributed by atoms with Crippen molar-refractivity contribution in [3.05, 3.63) is 21.9 Å². The highest BCUT2D eigenvalue weighted by atomic mass is 35.5. The van der Waals surface area contributed by atoms with E-state index in [9.17, 15) is 4.79 Å². The summed E-state index contributed by atoms with van der Waals surface area (Å²) >= 11 is 7.90. The van der Waals surface area contributed by atoms with Crippen molar-refractivity contribution < 1.29 is 9.53 Å². The first kappa shape index (κ1) is 17.6. The molecule has 0 N–H and O–H groups in total. The van der Waals surface area contributed by atoms with Crippen LogP contribution in [-0.4, -0.2) is 47.6 Å². The molecule has 2 aromatic heterocycles. The molecule has 0 saturated heterocycles. The number of aryl methyl sites for hydroxylation is 1. The molecule has 1 unspecified atom stereocenters. The van der Waals surface area contributed by atoms with Gasteiger partial charge < -0.3 is 9.64 Å². The average molecular weight is 368 g/mol. The van der Waals surface area contributed by atoms with Crippen LogP contribution in [0.2, 0.25) is 5.15 Å². The summed E-state index contributed by atoms with van der Waals surface area (Å²) < 4.78 is 5.14. The maximum Gasteiger partial charge on any atom is 0.226 e. The highest BCUT2D eigenvalue weighted by Gasteiger charge is 2.31. The number of hydrogen-bond donors (Lipinski definition) is 0. The lowest BCUT2D eigenvalue weighted by atomic mass is 9.87. The maximum absolute atomic E-state index is 12.9. The zero-order chi connectivity index (χ0) is 17.1. The average Bonchev–Trinajstić information content (AvgIpc) is 2.96. The van der Waals surface area contributed by atoms with Gasteiger partial charge in [-0.25, -0.2) is 9.97 Å². The molecule has 0 bridgehead atoms. The Morgan fingerprint density at radius 1 is 1.46 bits per heavy atom. The molecule has 1 amide bonds. The Balaban J connectivity index is 1.80. The number of halogens is 1. The molecule has 7 heteroatoms. The fourth-order valence-corrected chi connectivity index (χ4v) is 4.91. The first-order chi connectivity index (χ1) is 11.7. The number of rotatable bonds is 6. The third kappa shape index (κ3) is 3.41. The van der Waals surface area contributed by atoms with Crippen LogP contribution in [0.25, 0.3) is 10.2 Å². The molecule has 1 aliphatic carbocycles. The number of amides is 1. The largest absolute Gasteiger partial charge is 0.383 e. The lowest BCUT2D eigenvalue weighted by Crippen LogP contribution is -2.40. The van der Waals surface area contributed by atoms with E-state index >= 15 is 0 Å². The molecule has 1 atom stereocenters. The minimum absolute atomic E-state index is 0.0423. The number of aromatic nitrogens is 2. The number of nitrogens with zero attached hydrogens (tertiary/aromatic N) is 3. The summed E-state index contributed by atoms with van der Waals surface area (Å²) in [4.78, 5) is 25.4. The second-order valence-corrected chi connectivity index (χ2v) is 7.55. The van der Waals surface area contributed by atoms with Gasteiger partial charge in [-0.15, -0.1) is 11.3 Å². The summed E-state index contributed by atoms with van der Waals surface area (Å²) in [5.74, 6) is 0.287. The number of carbonyl (C=O) groups is 1. The summed E-state index contributed by atoms with van der Waals surface area (Å²) in [5, 5.41) is 1.50. The lowest BCUT2D eigenvalue weighted by Gasteiger charge is -2.29. The number of hydrogen-bond acceptors (Lipinski definition) is 5. The standard InChI is InChI=1S/C17H22ClN3O2S/c1-3-6-21(7-8-23-2)17(22)11-4-5-12-13(9-11)24-16-14(12)15(18)19-10-20-16/h10-11H,3-9H2,1-2H3. The van der Waals surface area contributed by atoms with E-state index in [1.807, 2.05) is 4.90 Å². The molecule has 0 fully saturated rings. The summed E-state index contributed by atoms with van der Waals surface area (Å²) in [6, 6.07) is 0. The van der Waals surface area contributed by atoms with E-state index in [0.29, 0.717) is 18.3 Å². The van der Waals surface area contributed by atoms with E-state index < -0.39 is 0 Å². The fourth-order valence-electron chi connectivity index (χ4n) is 3.34. The van der Waals surface area contributed by atoms with Gasteiger partial charge in [0.1, 0.15) is 16.3 Å². The van der Waals surface area contributed by atoms with E-state index in [-0.39, 0.29) is 11.8 Å². The van der Waals surface area contributed by atoms with Crippen LogP contribution in [0, 0.1) is 5.92 Å². The van der Waals surface area contributed by atoms with Gasteiger partial charge in [-0.2, -0.15) is 0 Å². The zero-order valence-corrected chi connectivity index (χ0v) is 15.6. The number of ether oxygens (including phenoxy) is 1. The highest BCUT2D eigenvalue weighted by Crippen LogP contribution is 2.39. The summed E-state index contributed by atoms with van der Waals surface area (Å²) in [5.41, 5.74) is 1.24. The molecule has 0 spiro atoms. The molecule has 0 saturated carbocycles. The van der Waals surface area contributed by atoms with E-state index in [2.05, 4.69) is 16.9 Å². The number of carbonyl (C=O) groups excluding carboxylic acids is 1. The van der Waals surface area contributed by atoms with Crippen molar-refractivity contribution in [2.75, 3.05) is 26.8 Å². The van der Waals surface area contributed by atoms with Gasteiger partial charge in [-0.05, 0) is 31.2 Å². The van der Waals surface area contributed by atoms with Crippen LogP contribution < -0.4 is 0 Å². The Morgan fingerprint density at radius 2 is 2.29 bits per heavy atom. The van der Waals surface area contributed by atoms with Crippen molar-refractivity contribution in [2.45, 2.75) is 32.6 Å². The van der Waals surface area contributed by atoms with Gasteiger partial charge in [0.25, 0.3) is 0 Å². The monoisotopic (exact) mass is 367 g/mol. The first-order valence-corrected chi connectivity index (χ1v) is 9.53. The third-order valence-corrected chi connectivity index (χ3v) is 5.97. The van der Waals surface area contributed by atoms with Crippen molar-refractivity contribution in [1.82, 2.24) is 14.9 Å². The molecule has 2 aromatic rings. The summed E-state index contributed by atoms with van der Waals surface area (Å²) in [6.45, 7) is 4.13. The van der Waals surface area contributed by atoms with Crippen molar-refractivity contribution in [2.24, 2.45) is 5.92 Å². The molecule has 0 radical (unpaired) electrons. The van der Waals surface area contributed by atoms with Crippen LogP contribution in [0.15, 0.2) is 6.33 Å². The Morgan fingerprint density at radius 3 is 3.04 bits per heavy atom. The van der Waals surface area contributed by atoms with Crippen LogP contribution >= 0.6 is 22.9 Å². The Hall–Kier alpha value is -1.24. The Kier molecular flexibility index (Phi) is 5.69. The maximum atomic E-state index is 12.9. The van der Waals surface area contributed by atoms with E-state index in [4.69, 9.17) is 16.3 Å². The van der Waals surface area contributed by atoms with E-state index in [1.165, 1.54) is 16.8 Å². The smallest absolute Gasteiger partial charge is 0.226 e. The van der Waals surface area contributed by atoms with E-state index in [1.54, 1.807) is 18.4 Å². The predicted molar refractivity (Wildman–Crippen MR) is 96.7 cm³/mol. The molecule has 130 valence electrons. The van der Waals surface area contributed by atoms with Gasteiger partial charge >= 0.3 is 0 Å². The van der Waals surface area contributed by atoms with Gasteiger partial charge in [0.15, 0.2) is 0 Å². The second-order valence-electron chi connectivity index (χ2n) is 6.11. The Bertz CT molecular complexity index is 734. The van der Waals surface area contributed by atoms with Gasteiger partial charge in [0, 0.05) is 31.0 Å². The van der Waals surface area contributed by atoms with Crippen LogP contribution in [-0.2, 0) is 22.4 Å². The normalized spacial score (nSPS) is 17.0. The lowest BCUT2D eigenvalue weighted by molar-refractivity contribution is -0.136. The molecule has 0 aliphatic heterocycles. The molecule has 24 heavy (non-hydrogen) atoms. The van der Waals surface area contributed by atoms with E-state index in [0.717, 1.165) is 42.4 Å². The minimum atomic E-state index is 0.0423. The molecule has 3 rings (SSSR count). The topological polar surface area (TPSA) is 55.3 Å². The predicted octanol–water partition coefficient (Wildman–Crippen LogP) is 3.33. The fraction of sp³-hybridized carbons (Fsp3) is 0.588. The summed E-state index contributed by atoms with van der Waals surface area (Å²) in [7, 11) is 1.67. The van der Waals surface area contributed by atoms with Crippen molar-refractivity contribution >= 4 is 39.1 Å². The first-order valence-electron chi connectivity index (χ1n) is 8.34. The number of thiophene rings is 1. The number of fused-ring (bicyclic) bond motifs is 3. The third-order valence-electron chi connectivity index (χ3n) is 4.52. The van der Waals surface area contributed by atoms with Gasteiger partial charge in [-0.3, -0.25) is 4.79 Å². The number of methoxy groups -OCH3 is 1. The molecule has 5 nitrogen and oxygen atoms in total. The van der Waals surface area contributed by atoms with Crippen LogP contribution in [0.1, 0.15) is 30.2 Å². The van der Waals surface area contributed by atoms with Crippen LogP contribution in [0.5, 0.6) is 0 Å².